The molecule has 0 radical (unpaired) electrons. The van der Waals surface area contributed by atoms with E-state index >= 15 is 0 Å². The highest BCUT2D eigenvalue weighted by molar-refractivity contribution is 5.75. The number of rotatable bonds is 7. The van der Waals surface area contributed by atoms with E-state index < -0.39 is 0 Å². The molecule has 0 aliphatic carbocycles. The minimum absolute atomic E-state index is 0.0821. The van der Waals surface area contributed by atoms with Crippen LogP contribution in [0.1, 0.15) is 17.8 Å². The summed E-state index contributed by atoms with van der Waals surface area (Å²) in [5, 5.41) is 18.5. The zero-order chi connectivity index (χ0) is 16.5. The van der Waals surface area contributed by atoms with Crippen LogP contribution in [0.3, 0.4) is 0 Å². The van der Waals surface area contributed by atoms with Gasteiger partial charge in [0.1, 0.15) is 6.61 Å². The highest BCUT2D eigenvalue weighted by Crippen LogP contribution is 2.13. The van der Waals surface area contributed by atoms with E-state index in [0.717, 1.165) is 11.1 Å². The predicted octanol–water partition coefficient (Wildman–Crippen LogP) is 0.898. The van der Waals surface area contributed by atoms with Crippen LogP contribution >= 0.6 is 0 Å². The number of terminal acetylenes is 1. The standard InChI is InChI=1S/C16H17N5O2/c1-3-9-23-10-8-15(22)17-11-13-4-6-14(7-5-13)16-20-18-12(2)19-21-16/h1,4-7H,8-11H2,2H3,(H,17,22). The van der Waals surface area contributed by atoms with Gasteiger partial charge in [-0.25, -0.2) is 0 Å². The maximum Gasteiger partial charge on any atom is 0.222 e. The van der Waals surface area contributed by atoms with Gasteiger partial charge >= 0.3 is 0 Å². The van der Waals surface area contributed by atoms with Gasteiger partial charge in [0.25, 0.3) is 0 Å². The van der Waals surface area contributed by atoms with Crippen molar-refractivity contribution in [3.63, 3.8) is 0 Å². The number of amides is 1. The summed E-state index contributed by atoms with van der Waals surface area (Å²) in [4.78, 5) is 11.6. The molecule has 1 N–H and O–H groups in total. The monoisotopic (exact) mass is 311 g/mol. The molecule has 1 aromatic heterocycles. The maximum absolute atomic E-state index is 11.6. The molecule has 0 aliphatic rings. The minimum atomic E-state index is -0.0821. The number of carbonyl (C=O) groups excluding carboxylic acids is 1. The average molecular weight is 311 g/mol. The lowest BCUT2D eigenvalue weighted by Crippen LogP contribution is -2.23. The Morgan fingerprint density at radius 3 is 2.57 bits per heavy atom. The molecule has 0 aliphatic heterocycles. The maximum atomic E-state index is 11.6. The molecule has 0 fully saturated rings. The van der Waals surface area contributed by atoms with Crippen molar-refractivity contribution < 1.29 is 9.53 Å². The van der Waals surface area contributed by atoms with Crippen molar-refractivity contribution in [1.29, 1.82) is 0 Å². The Bertz CT molecular complexity index is 677. The van der Waals surface area contributed by atoms with E-state index in [1.807, 2.05) is 24.3 Å². The van der Waals surface area contributed by atoms with E-state index in [1.54, 1.807) is 6.92 Å². The largest absolute Gasteiger partial charge is 0.368 e. The van der Waals surface area contributed by atoms with E-state index in [2.05, 4.69) is 31.6 Å². The van der Waals surface area contributed by atoms with Crippen LogP contribution in [0.2, 0.25) is 0 Å². The van der Waals surface area contributed by atoms with Gasteiger partial charge in [-0.05, 0) is 12.5 Å². The Kier molecular flexibility index (Phi) is 6.15. The summed E-state index contributed by atoms with van der Waals surface area (Å²) >= 11 is 0. The third kappa shape index (κ3) is 5.45. The van der Waals surface area contributed by atoms with Crippen LogP contribution < -0.4 is 5.32 Å². The molecule has 1 amide bonds. The molecular weight excluding hydrogens is 294 g/mol. The normalized spacial score (nSPS) is 10.1. The van der Waals surface area contributed by atoms with Crippen molar-refractivity contribution in [3.05, 3.63) is 35.7 Å². The van der Waals surface area contributed by atoms with Crippen molar-refractivity contribution in [2.24, 2.45) is 0 Å². The fourth-order valence-corrected chi connectivity index (χ4v) is 1.75. The number of aryl methyl sites for hydroxylation is 1. The second kappa shape index (κ2) is 8.56. The van der Waals surface area contributed by atoms with Crippen molar-refractivity contribution in [2.45, 2.75) is 19.9 Å². The zero-order valence-electron chi connectivity index (χ0n) is 12.8. The summed E-state index contributed by atoms with van der Waals surface area (Å²) < 4.78 is 5.06. The molecule has 1 aromatic carbocycles. The minimum Gasteiger partial charge on any atom is -0.368 e. The number of nitrogens with zero attached hydrogens (tertiary/aromatic N) is 4. The molecule has 1 heterocycles. The molecule has 0 saturated heterocycles. The summed E-state index contributed by atoms with van der Waals surface area (Å²) in [6, 6.07) is 7.53. The summed E-state index contributed by atoms with van der Waals surface area (Å²) in [5.41, 5.74) is 1.79. The van der Waals surface area contributed by atoms with Crippen molar-refractivity contribution >= 4 is 5.91 Å². The van der Waals surface area contributed by atoms with Crippen LogP contribution in [0.15, 0.2) is 24.3 Å². The van der Waals surface area contributed by atoms with Gasteiger partial charge in [0.05, 0.1) is 13.0 Å². The number of carbonyl (C=O) groups is 1. The number of hydrogen-bond acceptors (Lipinski definition) is 6. The highest BCUT2D eigenvalue weighted by atomic mass is 16.5. The van der Waals surface area contributed by atoms with Gasteiger partial charge < -0.3 is 10.1 Å². The average Bonchev–Trinajstić information content (AvgIpc) is 2.58. The molecule has 0 bridgehead atoms. The summed E-state index contributed by atoms with van der Waals surface area (Å²) in [7, 11) is 0. The second-order valence-corrected chi connectivity index (χ2v) is 4.75. The fourth-order valence-electron chi connectivity index (χ4n) is 1.75. The first-order chi connectivity index (χ1) is 11.2. The quantitative estimate of drug-likeness (QED) is 0.603. The molecule has 0 saturated carbocycles. The molecule has 2 rings (SSSR count). The Morgan fingerprint density at radius 2 is 1.91 bits per heavy atom. The summed E-state index contributed by atoms with van der Waals surface area (Å²) in [6.07, 6.45) is 5.34. The molecule has 23 heavy (non-hydrogen) atoms. The highest BCUT2D eigenvalue weighted by Gasteiger charge is 2.04. The fraction of sp³-hybridized carbons (Fsp3) is 0.312. The predicted molar refractivity (Wildman–Crippen MR) is 83.9 cm³/mol. The number of nitrogens with one attached hydrogen (secondary N) is 1. The first-order valence-electron chi connectivity index (χ1n) is 7.10. The van der Waals surface area contributed by atoms with Gasteiger partial charge in [-0.1, -0.05) is 30.2 Å². The van der Waals surface area contributed by atoms with Crippen molar-refractivity contribution in [3.8, 4) is 23.7 Å². The van der Waals surface area contributed by atoms with Crippen LogP contribution in [-0.2, 0) is 16.1 Å². The lowest BCUT2D eigenvalue weighted by Gasteiger charge is -2.06. The molecule has 7 nitrogen and oxygen atoms in total. The first-order valence-corrected chi connectivity index (χ1v) is 7.10. The van der Waals surface area contributed by atoms with Crippen molar-refractivity contribution in [2.75, 3.05) is 13.2 Å². The van der Waals surface area contributed by atoms with Gasteiger partial charge in [0.15, 0.2) is 5.82 Å². The van der Waals surface area contributed by atoms with Crippen LogP contribution in [0.5, 0.6) is 0 Å². The smallest absolute Gasteiger partial charge is 0.222 e. The van der Waals surface area contributed by atoms with Crippen LogP contribution in [-0.4, -0.2) is 39.5 Å². The van der Waals surface area contributed by atoms with E-state index in [1.165, 1.54) is 0 Å². The lowest BCUT2D eigenvalue weighted by atomic mass is 10.1. The third-order valence-electron chi connectivity index (χ3n) is 2.94. The van der Waals surface area contributed by atoms with E-state index in [0.29, 0.717) is 24.8 Å². The molecule has 0 unspecified atom stereocenters. The van der Waals surface area contributed by atoms with E-state index in [4.69, 9.17) is 11.2 Å². The SMILES string of the molecule is C#CCOCCC(=O)NCc1ccc(-c2nnc(C)nn2)cc1. The zero-order valence-corrected chi connectivity index (χ0v) is 12.8. The molecule has 0 atom stereocenters. The number of ether oxygens (including phenoxy) is 1. The summed E-state index contributed by atoms with van der Waals surface area (Å²) in [6.45, 7) is 2.71. The number of hydrogen-bond donors (Lipinski definition) is 1. The Morgan fingerprint density at radius 1 is 1.22 bits per heavy atom. The Hall–Kier alpha value is -2.85. The first kappa shape index (κ1) is 16.5. The molecule has 2 aromatic rings. The third-order valence-corrected chi connectivity index (χ3v) is 2.94. The van der Waals surface area contributed by atoms with Crippen LogP contribution in [0.25, 0.3) is 11.4 Å². The Balaban J connectivity index is 1.82. The number of benzene rings is 1. The van der Waals surface area contributed by atoms with Gasteiger partial charge in [-0.15, -0.1) is 26.8 Å². The molecule has 0 spiro atoms. The molecule has 118 valence electrons. The Labute approximate surface area is 134 Å². The van der Waals surface area contributed by atoms with E-state index in [9.17, 15) is 4.79 Å². The molecule has 7 heteroatoms. The van der Waals surface area contributed by atoms with Gasteiger partial charge in [0, 0.05) is 12.1 Å². The summed E-state index contributed by atoms with van der Waals surface area (Å²) in [5.74, 6) is 3.26. The second-order valence-electron chi connectivity index (χ2n) is 4.75. The number of aromatic nitrogens is 4. The topological polar surface area (TPSA) is 89.9 Å². The van der Waals surface area contributed by atoms with Crippen LogP contribution in [0.4, 0.5) is 0 Å². The van der Waals surface area contributed by atoms with Crippen LogP contribution in [0, 0.1) is 19.3 Å². The lowest BCUT2D eigenvalue weighted by molar-refractivity contribution is -0.122. The van der Waals surface area contributed by atoms with Gasteiger partial charge in [-0.2, -0.15) is 0 Å². The van der Waals surface area contributed by atoms with Gasteiger partial charge in [-0.3, -0.25) is 4.79 Å². The van der Waals surface area contributed by atoms with Gasteiger partial charge in [0.2, 0.25) is 11.7 Å². The van der Waals surface area contributed by atoms with Crippen molar-refractivity contribution in [1.82, 2.24) is 25.7 Å². The molecular formula is C16H17N5O2. The van der Waals surface area contributed by atoms with E-state index in [-0.39, 0.29) is 18.9 Å².